The van der Waals surface area contributed by atoms with Crippen LogP contribution in [0.4, 0.5) is 9.59 Å². The third kappa shape index (κ3) is 8.74. The zero-order valence-electron chi connectivity index (χ0n) is 15.2. The van der Waals surface area contributed by atoms with Gasteiger partial charge in [-0.05, 0) is 54.9 Å². The van der Waals surface area contributed by atoms with Crippen LogP contribution in [0, 0.1) is 6.04 Å². The van der Waals surface area contributed by atoms with Crippen LogP contribution in [-0.4, -0.2) is 41.4 Å². The zero-order chi connectivity index (χ0) is 17.6. The first-order valence-electron chi connectivity index (χ1n) is 7.71. The third-order valence-electron chi connectivity index (χ3n) is 2.56. The highest BCUT2D eigenvalue weighted by Gasteiger charge is 2.27. The Morgan fingerprint density at radius 1 is 0.955 bits per heavy atom. The molecule has 0 heterocycles. The first-order valence-corrected chi connectivity index (χ1v) is 7.71. The summed E-state index contributed by atoms with van der Waals surface area (Å²) in [4.78, 5) is 25.5. The second-order valence-corrected chi connectivity index (χ2v) is 7.00. The molecule has 0 saturated heterocycles. The molecule has 0 bridgehead atoms. The lowest BCUT2D eigenvalue weighted by molar-refractivity contribution is 0.0252. The van der Waals surface area contributed by atoms with Crippen LogP contribution in [0.1, 0.15) is 61.8 Å². The first-order chi connectivity index (χ1) is 9.89. The molecule has 1 N–H and O–H groups in total. The van der Waals surface area contributed by atoms with E-state index in [9.17, 15) is 9.59 Å². The Hall–Kier alpha value is -1.46. The van der Waals surface area contributed by atoms with E-state index >= 15 is 0 Å². The Morgan fingerprint density at radius 2 is 1.45 bits per heavy atom. The van der Waals surface area contributed by atoms with Gasteiger partial charge in [-0.3, -0.25) is 4.90 Å². The molecule has 0 aliphatic rings. The topological polar surface area (TPSA) is 67.9 Å². The van der Waals surface area contributed by atoms with E-state index in [4.69, 9.17) is 9.47 Å². The number of carbonyl (C=O) groups excluding carboxylic acids is 2. The fraction of sp³-hybridized carbons (Fsp3) is 0.812. The number of hydrogen-bond donors (Lipinski definition) is 1. The van der Waals surface area contributed by atoms with E-state index in [2.05, 4.69) is 5.32 Å². The average Bonchev–Trinajstić information content (AvgIpc) is 2.29. The van der Waals surface area contributed by atoms with E-state index in [1.54, 1.807) is 25.7 Å². The maximum atomic E-state index is 12.2. The van der Waals surface area contributed by atoms with Crippen molar-refractivity contribution < 1.29 is 19.1 Å². The van der Waals surface area contributed by atoms with Crippen molar-refractivity contribution >= 4 is 12.2 Å². The van der Waals surface area contributed by atoms with Gasteiger partial charge in [0.2, 0.25) is 0 Å². The van der Waals surface area contributed by atoms with Gasteiger partial charge in [0.05, 0.1) is 6.04 Å². The molecular weight excluding hydrogens is 284 g/mol. The smallest absolute Gasteiger partial charge is 0.410 e. The number of rotatable bonds is 5. The summed E-state index contributed by atoms with van der Waals surface area (Å²) in [5.74, 6) is 0. The fourth-order valence-electron chi connectivity index (χ4n) is 1.70. The van der Waals surface area contributed by atoms with Crippen LogP contribution in [-0.2, 0) is 9.47 Å². The maximum absolute atomic E-state index is 12.2. The van der Waals surface area contributed by atoms with Gasteiger partial charge in [-0.15, -0.1) is 0 Å². The Balaban J connectivity index is 4.65. The molecule has 0 spiro atoms. The molecule has 0 atom stereocenters. The van der Waals surface area contributed by atoms with Crippen LogP contribution in [0.5, 0.6) is 0 Å². The van der Waals surface area contributed by atoms with Crippen LogP contribution in [0.25, 0.3) is 0 Å². The highest BCUT2D eigenvalue weighted by molar-refractivity contribution is 5.71. The molecule has 0 aliphatic carbocycles. The Kier molecular flexibility index (Phi) is 7.70. The monoisotopic (exact) mass is 315 g/mol. The van der Waals surface area contributed by atoms with Crippen molar-refractivity contribution in [2.24, 2.45) is 0 Å². The summed E-state index contributed by atoms with van der Waals surface area (Å²) in [5.41, 5.74) is -1.10. The molecular formula is C16H31N2O4. The Bertz CT molecular complexity index is 369. The summed E-state index contributed by atoms with van der Waals surface area (Å²) >= 11 is 0. The number of hydrogen-bond acceptors (Lipinski definition) is 4. The lowest BCUT2D eigenvalue weighted by Crippen LogP contribution is -2.44. The van der Waals surface area contributed by atoms with E-state index < -0.39 is 23.4 Å². The van der Waals surface area contributed by atoms with E-state index in [0.717, 1.165) is 6.04 Å². The number of alkyl carbamates (subject to hydrolysis) is 1. The molecule has 0 unspecified atom stereocenters. The van der Waals surface area contributed by atoms with Gasteiger partial charge in [-0.1, -0.05) is 6.92 Å². The summed E-state index contributed by atoms with van der Waals surface area (Å²) in [6.45, 7) is 15.4. The quantitative estimate of drug-likeness (QED) is 0.839. The Labute approximate surface area is 134 Å². The van der Waals surface area contributed by atoms with Crippen molar-refractivity contribution in [2.45, 2.75) is 73.0 Å². The largest absolute Gasteiger partial charge is 0.444 e. The molecule has 129 valence electrons. The first kappa shape index (κ1) is 20.5. The lowest BCUT2D eigenvalue weighted by Gasteiger charge is -2.32. The molecule has 0 aliphatic heterocycles. The minimum Gasteiger partial charge on any atom is -0.444 e. The predicted octanol–water partition coefficient (Wildman–Crippen LogP) is 3.71. The van der Waals surface area contributed by atoms with Gasteiger partial charge in [0.15, 0.2) is 0 Å². The SMILES string of the molecule is CC[C](CNC(=O)OC(C)(C)C)N(CC)C(=O)OC(C)(C)C. The third-order valence-corrected chi connectivity index (χ3v) is 2.56. The van der Waals surface area contributed by atoms with Crippen molar-refractivity contribution in [2.75, 3.05) is 13.1 Å². The normalized spacial score (nSPS) is 12.0. The minimum absolute atomic E-state index is 0.249. The lowest BCUT2D eigenvalue weighted by atomic mass is 10.2. The maximum Gasteiger partial charge on any atom is 0.410 e. The summed E-state index contributed by atoms with van der Waals surface area (Å²) in [6, 6.07) is 0.780. The van der Waals surface area contributed by atoms with Gasteiger partial charge in [0.1, 0.15) is 11.2 Å². The van der Waals surface area contributed by atoms with Crippen molar-refractivity contribution in [1.82, 2.24) is 10.2 Å². The summed E-state index contributed by atoms with van der Waals surface area (Å²) < 4.78 is 10.6. The number of carbonyl (C=O) groups is 2. The fourth-order valence-corrected chi connectivity index (χ4v) is 1.70. The van der Waals surface area contributed by atoms with Crippen LogP contribution in [0.2, 0.25) is 0 Å². The summed E-state index contributed by atoms with van der Waals surface area (Å²) in [7, 11) is 0. The number of nitrogens with one attached hydrogen (secondary N) is 1. The molecule has 0 rings (SSSR count). The minimum atomic E-state index is -0.554. The van der Waals surface area contributed by atoms with Crippen LogP contribution in [0.3, 0.4) is 0 Å². The Morgan fingerprint density at radius 3 is 1.82 bits per heavy atom. The molecule has 1 radical (unpaired) electrons. The molecule has 0 fully saturated rings. The summed E-state index contributed by atoms with van der Waals surface area (Å²) in [5, 5.41) is 2.68. The second kappa shape index (κ2) is 8.25. The van der Waals surface area contributed by atoms with E-state index in [0.29, 0.717) is 13.0 Å². The van der Waals surface area contributed by atoms with Crippen LogP contribution < -0.4 is 5.32 Å². The van der Waals surface area contributed by atoms with Gasteiger partial charge in [0.25, 0.3) is 0 Å². The van der Waals surface area contributed by atoms with Gasteiger partial charge in [-0.25, -0.2) is 9.59 Å². The van der Waals surface area contributed by atoms with Gasteiger partial charge < -0.3 is 14.8 Å². The number of likely N-dealkylation sites (N-methyl/N-ethyl adjacent to an activating group) is 1. The highest BCUT2D eigenvalue weighted by Crippen LogP contribution is 2.17. The standard InChI is InChI=1S/C16H31N2O4/c1-9-12(11-17-13(19)21-15(3,4)5)18(10-2)14(20)22-16(6,7)8/h9-11H2,1-8H3,(H,17,19). The van der Waals surface area contributed by atoms with Gasteiger partial charge in [0, 0.05) is 13.1 Å². The highest BCUT2D eigenvalue weighted by atomic mass is 16.6. The molecule has 22 heavy (non-hydrogen) atoms. The number of ether oxygens (including phenoxy) is 2. The van der Waals surface area contributed by atoms with Crippen molar-refractivity contribution in [3.05, 3.63) is 6.04 Å². The van der Waals surface area contributed by atoms with Crippen molar-refractivity contribution in [3.63, 3.8) is 0 Å². The zero-order valence-corrected chi connectivity index (χ0v) is 15.2. The molecule has 2 amide bonds. The number of amides is 2. The van der Waals surface area contributed by atoms with E-state index in [1.807, 2.05) is 34.6 Å². The van der Waals surface area contributed by atoms with E-state index in [1.165, 1.54) is 0 Å². The molecule has 0 saturated carbocycles. The van der Waals surface area contributed by atoms with E-state index in [-0.39, 0.29) is 6.54 Å². The second-order valence-electron chi connectivity index (χ2n) is 7.00. The van der Waals surface area contributed by atoms with Crippen LogP contribution >= 0.6 is 0 Å². The van der Waals surface area contributed by atoms with Crippen molar-refractivity contribution in [1.29, 1.82) is 0 Å². The van der Waals surface area contributed by atoms with Crippen molar-refractivity contribution in [3.8, 4) is 0 Å². The van der Waals surface area contributed by atoms with Crippen LogP contribution in [0.15, 0.2) is 0 Å². The number of nitrogens with zero attached hydrogens (tertiary/aromatic N) is 1. The predicted molar refractivity (Wildman–Crippen MR) is 86.4 cm³/mol. The van der Waals surface area contributed by atoms with Gasteiger partial charge >= 0.3 is 12.2 Å². The summed E-state index contributed by atoms with van der Waals surface area (Å²) in [6.07, 6.45) is -0.278. The molecule has 6 nitrogen and oxygen atoms in total. The average molecular weight is 315 g/mol. The molecule has 0 aromatic heterocycles. The molecule has 0 aromatic carbocycles. The van der Waals surface area contributed by atoms with Gasteiger partial charge in [-0.2, -0.15) is 0 Å². The molecule has 6 heteroatoms. The molecule has 0 aromatic rings.